The Balaban J connectivity index is 2.32. The first-order chi connectivity index (χ1) is 8.60. The minimum atomic E-state index is -0.644. The normalized spacial score (nSPS) is 9.89. The fourth-order valence-corrected chi connectivity index (χ4v) is 1.90. The zero-order valence-electron chi connectivity index (χ0n) is 8.82. The summed E-state index contributed by atoms with van der Waals surface area (Å²) < 4.78 is 19.5. The highest BCUT2D eigenvalue weighted by atomic mass is 79.9. The maximum absolute atomic E-state index is 13.6. The van der Waals surface area contributed by atoms with Crippen LogP contribution in [0.15, 0.2) is 34.9 Å². The second kappa shape index (κ2) is 5.34. The monoisotopic (exact) mass is 326 g/mol. The number of rotatable bonds is 2. The van der Waals surface area contributed by atoms with Crippen LogP contribution in [0.4, 0.5) is 4.39 Å². The summed E-state index contributed by atoms with van der Waals surface area (Å²) >= 11 is 9.10. The van der Waals surface area contributed by atoms with E-state index in [1.165, 1.54) is 18.3 Å². The first-order valence-corrected chi connectivity index (χ1v) is 5.96. The van der Waals surface area contributed by atoms with Crippen LogP contribution in [-0.2, 0) is 0 Å². The molecule has 0 aliphatic carbocycles. The van der Waals surface area contributed by atoms with Crippen molar-refractivity contribution < 1.29 is 9.13 Å². The van der Waals surface area contributed by atoms with Crippen molar-refractivity contribution in [2.24, 2.45) is 0 Å². The molecule has 1 aromatic carbocycles. The van der Waals surface area contributed by atoms with Gasteiger partial charge in [0.15, 0.2) is 11.6 Å². The van der Waals surface area contributed by atoms with Crippen molar-refractivity contribution in [3.8, 4) is 17.7 Å². The van der Waals surface area contributed by atoms with Gasteiger partial charge in [0.2, 0.25) is 5.88 Å². The van der Waals surface area contributed by atoms with Gasteiger partial charge in [-0.15, -0.1) is 0 Å². The van der Waals surface area contributed by atoms with Gasteiger partial charge < -0.3 is 4.74 Å². The molecule has 0 spiro atoms. The van der Waals surface area contributed by atoms with Gasteiger partial charge in [0.05, 0.1) is 11.6 Å². The second-order valence-corrected chi connectivity index (χ2v) is 4.62. The molecule has 0 saturated heterocycles. The van der Waals surface area contributed by atoms with Crippen LogP contribution >= 0.6 is 27.5 Å². The van der Waals surface area contributed by atoms with Crippen LogP contribution in [0.2, 0.25) is 5.02 Å². The van der Waals surface area contributed by atoms with Gasteiger partial charge in [-0.25, -0.2) is 9.37 Å². The number of pyridine rings is 1. The Morgan fingerprint density at radius 1 is 1.39 bits per heavy atom. The van der Waals surface area contributed by atoms with Gasteiger partial charge in [-0.1, -0.05) is 11.6 Å². The first-order valence-electron chi connectivity index (χ1n) is 4.78. The van der Waals surface area contributed by atoms with Crippen LogP contribution in [0.5, 0.6) is 11.6 Å². The third kappa shape index (κ3) is 2.78. The lowest BCUT2D eigenvalue weighted by molar-refractivity contribution is 0.427. The molecular weight excluding hydrogens is 322 g/mol. The average molecular weight is 328 g/mol. The van der Waals surface area contributed by atoms with Crippen molar-refractivity contribution in [1.82, 2.24) is 4.98 Å². The largest absolute Gasteiger partial charge is 0.434 e. The number of aromatic nitrogens is 1. The number of halogens is 3. The summed E-state index contributed by atoms with van der Waals surface area (Å²) in [6.45, 7) is 0. The lowest BCUT2D eigenvalue weighted by Gasteiger charge is -2.07. The Hall–Kier alpha value is -1.64. The molecule has 0 N–H and O–H groups in total. The zero-order valence-corrected chi connectivity index (χ0v) is 11.2. The van der Waals surface area contributed by atoms with Gasteiger partial charge in [-0.3, -0.25) is 0 Å². The fourth-order valence-electron chi connectivity index (χ4n) is 1.23. The summed E-state index contributed by atoms with van der Waals surface area (Å²) in [4.78, 5) is 3.92. The minimum absolute atomic E-state index is 0.0364. The van der Waals surface area contributed by atoms with E-state index < -0.39 is 5.82 Å². The highest BCUT2D eigenvalue weighted by Crippen LogP contribution is 2.30. The van der Waals surface area contributed by atoms with Gasteiger partial charge in [0.1, 0.15) is 5.02 Å². The molecule has 1 aromatic heterocycles. The van der Waals surface area contributed by atoms with E-state index in [-0.39, 0.29) is 22.2 Å². The van der Waals surface area contributed by atoms with Gasteiger partial charge in [0, 0.05) is 10.7 Å². The molecule has 0 aliphatic rings. The van der Waals surface area contributed by atoms with Crippen LogP contribution in [0.3, 0.4) is 0 Å². The molecule has 18 heavy (non-hydrogen) atoms. The molecule has 0 amide bonds. The molecule has 1 heterocycles. The summed E-state index contributed by atoms with van der Waals surface area (Å²) in [6.07, 6.45) is 1.49. The van der Waals surface area contributed by atoms with Crippen molar-refractivity contribution in [1.29, 1.82) is 5.26 Å². The summed E-state index contributed by atoms with van der Waals surface area (Å²) in [6, 6.07) is 7.31. The van der Waals surface area contributed by atoms with Crippen molar-refractivity contribution in [2.75, 3.05) is 0 Å². The molecule has 0 saturated carbocycles. The highest BCUT2D eigenvalue weighted by molar-refractivity contribution is 9.10. The van der Waals surface area contributed by atoms with E-state index in [0.717, 1.165) is 6.07 Å². The van der Waals surface area contributed by atoms with Gasteiger partial charge in [-0.2, -0.15) is 5.26 Å². The molecule has 6 heteroatoms. The SMILES string of the molecule is N#Cc1ccc(Oc2ncc(Br)cc2Cl)c(F)c1. The van der Waals surface area contributed by atoms with Crippen LogP contribution < -0.4 is 4.74 Å². The van der Waals surface area contributed by atoms with Crippen LogP contribution in [0, 0.1) is 17.1 Å². The fraction of sp³-hybridized carbons (Fsp3) is 0. The smallest absolute Gasteiger partial charge is 0.238 e. The van der Waals surface area contributed by atoms with Crippen molar-refractivity contribution in [2.45, 2.75) is 0 Å². The highest BCUT2D eigenvalue weighted by Gasteiger charge is 2.10. The number of benzene rings is 1. The van der Waals surface area contributed by atoms with Crippen molar-refractivity contribution in [3.63, 3.8) is 0 Å². The Kier molecular flexibility index (Phi) is 3.80. The lowest BCUT2D eigenvalue weighted by Crippen LogP contribution is -1.92. The standard InChI is InChI=1S/C12H5BrClFN2O/c13-8-4-9(14)12(17-6-8)18-11-2-1-7(5-16)3-10(11)15/h1-4,6H. The molecule has 0 bridgehead atoms. The van der Waals surface area contributed by atoms with Crippen molar-refractivity contribution in [3.05, 3.63) is 51.3 Å². The van der Waals surface area contributed by atoms with E-state index >= 15 is 0 Å². The Morgan fingerprint density at radius 2 is 2.17 bits per heavy atom. The molecule has 0 aliphatic heterocycles. The zero-order chi connectivity index (χ0) is 13.1. The van der Waals surface area contributed by atoms with E-state index in [2.05, 4.69) is 20.9 Å². The molecule has 2 aromatic rings. The Labute approximate surface area is 116 Å². The predicted octanol–water partition coefficient (Wildman–Crippen LogP) is 4.30. The summed E-state index contributed by atoms with van der Waals surface area (Å²) in [7, 11) is 0. The number of ether oxygens (including phenoxy) is 1. The average Bonchev–Trinajstić information content (AvgIpc) is 2.34. The number of nitriles is 1. The topological polar surface area (TPSA) is 45.9 Å². The first kappa shape index (κ1) is 12.8. The lowest BCUT2D eigenvalue weighted by atomic mass is 10.2. The second-order valence-electron chi connectivity index (χ2n) is 3.30. The van der Waals surface area contributed by atoms with Gasteiger partial charge >= 0.3 is 0 Å². The van der Waals surface area contributed by atoms with Crippen LogP contribution in [0.25, 0.3) is 0 Å². The Morgan fingerprint density at radius 3 is 2.78 bits per heavy atom. The molecule has 0 fully saturated rings. The van der Waals surface area contributed by atoms with E-state index in [9.17, 15) is 4.39 Å². The van der Waals surface area contributed by atoms with E-state index in [0.29, 0.717) is 4.47 Å². The maximum atomic E-state index is 13.6. The molecule has 0 unspecified atom stereocenters. The van der Waals surface area contributed by atoms with E-state index in [4.69, 9.17) is 21.6 Å². The number of hydrogen-bond donors (Lipinski definition) is 0. The maximum Gasteiger partial charge on any atom is 0.238 e. The molecular formula is C12H5BrClFN2O. The minimum Gasteiger partial charge on any atom is -0.434 e. The van der Waals surface area contributed by atoms with E-state index in [1.807, 2.05) is 6.07 Å². The van der Waals surface area contributed by atoms with Gasteiger partial charge in [0.25, 0.3) is 0 Å². The predicted molar refractivity (Wildman–Crippen MR) is 68.1 cm³/mol. The molecule has 0 atom stereocenters. The molecule has 3 nitrogen and oxygen atoms in total. The summed E-state index contributed by atoms with van der Waals surface area (Å²) in [5.74, 6) is -0.580. The quantitative estimate of drug-likeness (QED) is 0.826. The molecule has 90 valence electrons. The van der Waals surface area contributed by atoms with Crippen LogP contribution in [0.1, 0.15) is 5.56 Å². The third-order valence-corrected chi connectivity index (χ3v) is 2.75. The van der Waals surface area contributed by atoms with Crippen molar-refractivity contribution >= 4 is 27.5 Å². The summed E-state index contributed by atoms with van der Waals surface area (Å²) in [5, 5.41) is 8.88. The molecule has 2 rings (SSSR count). The third-order valence-electron chi connectivity index (χ3n) is 2.04. The Bertz CT molecular complexity index is 642. The van der Waals surface area contributed by atoms with Crippen LogP contribution in [-0.4, -0.2) is 4.98 Å². The summed E-state index contributed by atoms with van der Waals surface area (Å²) in [5.41, 5.74) is 0.217. The van der Waals surface area contributed by atoms with E-state index in [1.54, 1.807) is 6.07 Å². The molecule has 0 radical (unpaired) electrons. The number of nitrogens with zero attached hydrogens (tertiary/aromatic N) is 2. The van der Waals surface area contributed by atoms with Gasteiger partial charge in [-0.05, 0) is 40.2 Å². The number of hydrogen-bond acceptors (Lipinski definition) is 3.